The lowest BCUT2D eigenvalue weighted by atomic mass is 9.84. The first-order valence-corrected chi connectivity index (χ1v) is 15.6. The van der Waals surface area contributed by atoms with Gasteiger partial charge in [-0.1, -0.05) is 0 Å². The van der Waals surface area contributed by atoms with Gasteiger partial charge in [0.15, 0.2) is 18.9 Å². The minimum Gasteiger partial charge on any atom is -0.389 e. The summed E-state index contributed by atoms with van der Waals surface area (Å²) in [5.41, 5.74) is 41.7. The van der Waals surface area contributed by atoms with E-state index in [2.05, 4.69) is 5.32 Å². The molecule has 0 unspecified atom stereocenters. The highest BCUT2D eigenvalue weighted by Gasteiger charge is 2.54. The number of carbonyl (C=O) groups is 1. The molecule has 0 radical (unpaired) electrons. The molecule has 0 aromatic carbocycles. The van der Waals surface area contributed by atoms with Gasteiger partial charge in [0.1, 0.15) is 67.1 Å². The van der Waals surface area contributed by atoms with E-state index < -0.39 is 128 Å². The van der Waals surface area contributed by atoms with Gasteiger partial charge >= 0.3 is 0 Å². The minimum atomic E-state index is -1.64. The lowest BCUT2D eigenvalue weighted by Gasteiger charge is -2.47. The first kappa shape index (κ1) is 38.5. The molecule has 3 aliphatic heterocycles. The van der Waals surface area contributed by atoms with Crippen LogP contribution in [0.1, 0.15) is 13.3 Å². The van der Waals surface area contributed by atoms with Crippen LogP contribution in [0, 0.1) is 0 Å². The van der Waals surface area contributed by atoms with Gasteiger partial charge in [-0.2, -0.15) is 0 Å². The Morgan fingerprint density at radius 2 is 1.15 bits per heavy atom. The van der Waals surface area contributed by atoms with Crippen LogP contribution in [-0.4, -0.2) is 179 Å². The standard InChI is InChI=1S/C26H52N8O13/c1-6(29)23(41)34-5-11-21(46-25-13(33)18(39)16(37)10(4-28)43-25)19(40)26(44-11)47-22-14(35)7(30)2-8(31)20(22)45-24-12(32)17(38)15(36)9(3-27)42-24/h6-22,24-26,35-40H,2-5,27-33H2,1H3,(H,34,41)/t6-,7-,8+,9-,10+,11-,12-,13-,14+,15-,16-,17-,18-,19-,20-,21-,22-,24-,25-,26+/m1/s1. The van der Waals surface area contributed by atoms with Gasteiger partial charge in [-0.25, -0.2) is 0 Å². The van der Waals surface area contributed by atoms with Crippen LogP contribution in [0.25, 0.3) is 0 Å². The fraction of sp³-hybridized carbons (Fsp3) is 0.962. The normalized spacial score (nSPS) is 49.9. The summed E-state index contributed by atoms with van der Waals surface area (Å²) in [6.07, 6.45) is -20.2. The first-order chi connectivity index (χ1) is 22.1. The summed E-state index contributed by atoms with van der Waals surface area (Å²) in [5.74, 6) is -0.543. The van der Waals surface area contributed by atoms with Gasteiger partial charge in [0.2, 0.25) is 5.91 Å². The molecule has 0 aromatic rings. The van der Waals surface area contributed by atoms with Crippen molar-refractivity contribution in [2.75, 3.05) is 19.6 Å². The molecule has 3 heterocycles. The van der Waals surface area contributed by atoms with Crippen molar-refractivity contribution in [1.82, 2.24) is 5.32 Å². The third-order valence-electron chi connectivity index (χ3n) is 9.08. The van der Waals surface area contributed by atoms with Crippen LogP contribution in [0.15, 0.2) is 0 Å². The Labute approximate surface area is 270 Å². The molecule has 20 atom stereocenters. The summed E-state index contributed by atoms with van der Waals surface area (Å²) in [7, 11) is 0. The van der Waals surface area contributed by atoms with Crippen molar-refractivity contribution in [2.45, 2.75) is 136 Å². The number of nitrogens with one attached hydrogen (secondary N) is 1. The average molecular weight is 685 g/mol. The molecule has 4 fully saturated rings. The van der Waals surface area contributed by atoms with Crippen LogP contribution in [0.5, 0.6) is 0 Å². The van der Waals surface area contributed by atoms with E-state index in [-0.39, 0.29) is 26.1 Å². The molecular weight excluding hydrogens is 632 g/mol. The number of aliphatic hydroxyl groups excluding tert-OH is 6. The summed E-state index contributed by atoms with van der Waals surface area (Å²) in [6, 6.07) is -5.19. The monoisotopic (exact) mass is 684 g/mol. The van der Waals surface area contributed by atoms with Gasteiger partial charge in [-0.3, -0.25) is 4.79 Å². The topological polar surface area (TPSA) is 388 Å². The van der Waals surface area contributed by atoms with Gasteiger partial charge in [0.05, 0.1) is 24.2 Å². The smallest absolute Gasteiger partial charge is 0.236 e. The second-order valence-electron chi connectivity index (χ2n) is 12.6. The zero-order chi connectivity index (χ0) is 34.9. The number of rotatable bonds is 11. The van der Waals surface area contributed by atoms with Crippen molar-refractivity contribution in [3.63, 3.8) is 0 Å². The molecule has 0 aromatic heterocycles. The summed E-state index contributed by atoms with van der Waals surface area (Å²) < 4.78 is 35.4. The molecular formula is C26H52N8O13. The van der Waals surface area contributed by atoms with Crippen LogP contribution in [-0.2, 0) is 33.2 Å². The van der Waals surface area contributed by atoms with E-state index in [1.165, 1.54) is 6.92 Å². The number of amides is 1. The van der Waals surface area contributed by atoms with Crippen LogP contribution >= 0.6 is 0 Å². The predicted octanol–water partition coefficient (Wildman–Crippen LogP) is -9.42. The summed E-state index contributed by atoms with van der Waals surface area (Å²) in [5, 5.41) is 66.5. The van der Waals surface area contributed by atoms with Gasteiger partial charge in [0, 0.05) is 31.7 Å². The number of hydrogen-bond acceptors (Lipinski definition) is 20. The lowest BCUT2D eigenvalue weighted by molar-refractivity contribution is -0.306. The second-order valence-corrected chi connectivity index (χ2v) is 12.6. The number of hydrogen-bond donors (Lipinski definition) is 14. The van der Waals surface area contributed by atoms with Gasteiger partial charge in [-0.05, 0) is 13.3 Å². The molecule has 4 aliphatic rings. The Morgan fingerprint density at radius 1 is 0.681 bits per heavy atom. The van der Waals surface area contributed by atoms with E-state index >= 15 is 0 Å². The maximum atomic E-state index is 12.3. The number of carbonyl (C=O) groups excluding carboxylic acids is 1. The van der Waals surface area contributed by atoms with Crippen molar-refractivity contribution in [3.8, 4) is 0 Å². The van der Waals surface area contributed by atoms with E-state index in [0.29, 0.717) is 0 Å². The van der Waals surface area contributed by atoms with Crippen LogP contribution in [0.2, 0.25) is 0 Å². The average Bonchev–Trinajstić information content (AvgIpc) is 3.33. The van der Waals surface area contributed by atoms with Gasteiger partial charge in [-0.15, -0.1) is 0 Å². The van der Waals surface area contributed by atoms with E-state index in [0.717, 1.165) is 0 Å². The fourth-order valence-corrected chi connectivity index (χ4v) is 6.12. The lowest BCUT2D eigenvalue weighted by Crippen LogP contribution is -2.68. The Kier molecular flexibility index (Phi) is 13.2. The molecule has 1 saturated carbocycles. The Morgan fingerprint density at radius 3 is 1.64 bits per heavy atom. The zero-order valence-corrected chi connectivity index (χ0v) is 26.0. The third kappa shape index (κ3) is 8.20. The maximum absolute atomic E-state index is 12.3. The molecule has 21 nitrogen and oxygen atoms in total. The molecule has 21 N–H and O–H groups in total. The summed E-state index contributed by atoms with van der Waals surface area (Å²) in [4.78, 5) is 12.3. The quantitative estimate of drug-likeness (QED) is 0.0960. The number of ether oxygens (including phenoxy) is 6. The summed E-state index contributed by atoms with van der Waals surface area (Å²) in [6.45, 7) is 0.858. The molecule has 47 heavy (non-hydrogen) atoms. The SMILES string of the molecule is C[C@@H](N)C(=O)NC[C@H]1O[C@@H](O[C@@H]2[C@@H](O)[C@H](N)C[C@H](N)[C@H]2O[C@H]2O[C@H](CN)[C@@H](O)[C@H](O)[C@H]2N)[C@H](O)[C@@H]1O[C@H]1O[C@@H](CN)[C@@H](O)[C@H](O)[C@H]1N. The highest BCUT2D eigenvalue weighted by molar-refractivity contribution is 5.80. The van der Waals surface area contributed by atoms with Crippen molar-refractivity contribution in [2.24, 2.45) is 40.1 Å². The highest BCUT2D eigenvalue weighted by Crippen LogP contribution is 2.34. The van der Waals surface area contributed by atoms with E-state index in [1.807, 2.05) is 0 Å². The molecule has 4 rings (SSSR count). The van der Waals surface area contributed by atoms with Gasteiger partial charge in [0.25, 0.3) is 0 Å². The molecule has 274 valence electrons. The molecule has 0 spiro atoms. The van der Waals surface area contributed by atoms with Crippen LogP contribution in [0.3, 0.4) is 0 Å². The van der Waals surface area contributed by atoms with Crippen molar-refractivity contribution in [3.05, 3.63) is 0 Å². The molecule has 3 saturated heterocycles. The molecule has 0 bridgehead atoms. The Hall–Kier alpha value is -1.29. The molecule has 1 amide bonds. The minimum absolute atomic E-state index is 0.0677. The van der Waals surface area contributed by atoms with Gasteiger partial charge < -0.3 is 105 Å². The Balaban J connectivity index is 1.56. The van der Waals surface area contributed by atoms with Crippen molar-refractivity contribution in [1.29, 1.82) is 0 Å². The molecule has 1 aliphatic carbocycles. The highest BCUT2D eigenvalue weighted by atomic mass is 16.8. The van der Waals surface area contributed by atoms with E-state index in [9.17, 15) is 35.4 Å². The maximum Gasteiger partial charge on any atom is 0.236 e. The van der Waals surface area contributed by atoms with Crippen LogP contribution in [0.4, 0.5) is 0 Å². The van der Waals surface area contributed by atoms with Crippen LogP contribution < -0.4 is 45.5 Å². The Bertz CT molecular complexity index is 1020. The number of aliphatic hydroxyl groups is 6. The number of nitrogens with two attached hydrogens (primary N) is 7. The largest absolute Gasteiger partial charge is 0.389 e. The fourth-order valence-electron chi connectivity index (χ4n) is 6.12. The third-order valence-corrected chi connectivity index (χ3v) is 9.08. The van der Waals surface area contributed by atoms with E-state index in [1.54, 1.807) is 0 Å². The zero-order valence-electron chi connectivity index (χ0n) is 26.0. The molecule has 21 heteroatoms. The first-order valence-electron chi connectivity index (χ1n) is 15.6. The van der Waals surface area contributed by atoms with E-state index in [4.69, 9.17) is 68.6 Å². The summed E-state index contributed by atoms with van der Waals surface area (Å²) >= 11 is 0. The van der Waals surface area contributed by atoms with Crippen molar-refractivity contribution >= 4 is 5.91 Å². The second kappa shape index (κ2) is 16.2. The van der Waals surface area contributed by atoms with Crippen molar-refractivity contribution < 1.29 is 63.9 Å². The predicted molar refractivity (Wildman–Crippen MR) is 158 cm³/mol.